The summed E-state index contributed by atoms with van der Waals surface area (Å²) >= 11 is 0. The first-order chi connectivity index (χ1) is 5.16. The fourth-order valence-corrected chi connectivity index (χ4v) is 1.19. The third kappa shape index (κ3) is 1.34. The second-order valence-corrected chi connectivity index (χ2v) is 2.89. The number of rotatable bonds is 1. The summed E-state index contributed by atoms with van der Waals surface area (Å²) in [5.74, 6) is -0.137. The van der Waals surface area contributed by atoms with Crippen LogP contribution in [0.5, 0.6) is 0 Å². The molecule has 0 radical (unpaired) electrons. The van der Waals surface area contributed by atoms with E-state index >= 15 is 0 Å². The minimum atomic E-state index is -0.137. The summed E-state index contributed by atoms with van der Waals surface area (Å²) < 4.78 is 0. The molecule has 4 nitrogen and oxygen atoms in total. The average molecular weight is 156 g/mol. The average Bonchev–Trinajstić information content (AvgIpc) is 2.30. The van der Waals surface area contributed by atoms with Crippen molar-refractivity contribution in [1.29, 1.82) is 0 Å². The summed E-state index contributed by atoms with van der Waals surface area (Å²) in [5.41, 5.74) is 0.277. The van der Waals surface area contributed by atoms with E-state index in [2.05, 4.69) is 5.16 Å². The smallest absolute Gasteiger partial charge is 0.271 e. The SMILES string of the molecule is CC(C)N1CC/C(=N/O)C1=O. The predicted octanol–water partition coefficient (Wildman–Crippen LogP) is 0.457. The molecule has 0 saturated carbocycles. The zero-order valence-electron chi connectivity index (χ0n) is 6.74. The van der Waals surface area contributed by atoms with Gasteiger partial charge in [0.1, 0.15) is 5.71 Å². The zero-order valence-corrected chi connectivity index (χ0v) is 6.74. The Hall–Kier alpha value is -1.06. The van der Waals surface area contributed by atoms with E-state index in [-0.39, 0.29) is 17.7 Å². The lowest BCUT2D eigenvalue weighted by Gasteiger charge is -2.18. The first kappa shape index (κ1) is 8.04. The molecule has 0 aromatic heterocycles. The van der Waals surface area contributed by atoms with Crippen LogP contribution in [0.1, 0.15) is 20.3 Å². The van der Waals surface area contributed by atoms with Gasteiger partial charge in [0.05, 0.1) is 0 Å². The van der Waals surface area contributed by atoms with Crippen LogP contribution in [0.4, 0.5) is 0 Å². The highest BCUT2D eigenvalue weighted by Gasteiger charge is 2.29. The van der Waals surface area contributed by atoms with Crippen molar-refractivity contribution in [1.82, 2.24) is 4.90 Å². The molecule has 11 heavy (non-hydrogen) atoms. The third-order valence-electron chi connectivity index (χ3n) is 1.84. The standard InChI is InChI=1S/C7H12N2O2/c1-5(2)9-4-3-6(8-11)7(9)10/h5,11H,3-4H2,1-2H3/b8-6-. The van der Waals surface area contributed by atoms with Crippen molar-refractivity contribution >= 4 is 11.6 Å². The number of hydrogen-bond acceptors (Lipinski definition) is 3. The number of oxime groups is 1. The Morgan fingerprint density at radius 1 is 1.64 bits per heavy atom. The van der Waals surface area contributed by atoms with E-state index in [1.54, 1.807) is 4.90 Å². The normalized spacial score (nSPS) is 22.3. The topological polar surface area (TPSA) is 52.9 Å². The van der Waals surface area contributed by atoms with Crippen molar-refractivity contribution in [3.8, 4) is 0 Å². The molecular weight excluding hydrogens is 144 g/mol. The maximum Gasteiger partial charge on any atom is 0.271 e. The van der Waals surface area contributed by atoms with Gasteiger partial charge in [-0.2, -0.15) is 0 Å². The maximum absolute atomic E-state index is 11.2. The number of hydrogen-bond donors (Lipinski definition) is 1. The second-order valence-electron chi connectivity index (χ2n) is 2.89. The number of likely N-dealkylation sites (tertiary alicyclic amines) is 1. The quantitative estimate of drug-likeness (QED) is 0.443. The summed E-state index contributed by atoms with van der Waals surface area (Å²) in [7, 11) is 0. The van der Waals surface area contributed by atoms with Gasteiger partial charge in [0.15, 0.2) is 0 Å². The van der Waals surface area contributed by atoms with Crippen molar-refractivity contribution in [2.75, 3.05) is 6.54 Å². The van der Waals surface area contributed by atoms with Crippen LogP contribution < -0.4 is 0 Å². The molecule has 4 heteroatoms. The molecule has 1 saturated heterocycles. The van der Waals surface area contributed by atoms with Gasteiger partial charge in [-0.25, -0.2) is 0 Å². The molecule has 1 aliphatic rings. The Kier molecular flexibility index (Phi) is 2.12. The highest BCUT2D eigenvalue weighted by molar-refractivity contribution is 6.40. The lowest BCUT2D eigenvalue weighted by atomic mass is 10.3. The van der Waals surface area contributed by atoms with E-state index in [0.717, 1.165) is 0 Å². The molecule has 62 valence electrons. The molecule has 1 heterocycles. The lowest BCUT2D eigenvalue weighted by Crippen LogP contribution is -2.33. The van der Waals surface area contributed by atoms with Gasteiger partial charge in [-0.05, 0) is 13.8 Å². The summed E-state index contributed by atoms with van der Waals surface area (Å²) in [6.45, 7) is 4.56. The van der Waals surface area contributed by atoms with Crippen LogP contribution in [0.15, 0.2) is 5.16 Å². The molecule has 1 fully saturated rings. The van der Waals surface area contributed by atoms with Crippen molar-refractivity contribution in [2.24, 2.45) is 5.16 Å². The number of carbonyl (C=O) groups excluding carboxylic acids is 1. The summed E-state index contributed by atoms with van der Waals surface area (Å²) in [6, 6.07) is 0.196. The Morgan fingerprint density at radius 2 is 2.27 bits per heavy atom. The van der Waals surface area contributed by atoms with Gasteiger partial charge >= 0.3 is 0 Å². The van der Waals surface area contributed by atoms with Crippen LogP contribution >= 0.6 is 0 Å². The van der Waals surface area contributed by atoms with Crippen molar-refractivity contribution < 1.29 is 10.0 Å². The van der Waals surface area contributed by atoms with Crippen LogP contribution in [0.2, 0.25) is 0 Å². The van der Waals surface area contributed by atoms with Gasteiger partial charge in [0, 0.05) is 19.0 Å². The molecule has 0 bridgehead atoms. The molecule has 0 unspecified atom stereocenters. The lowest BCUT2D eigenvalue weighted by molar-refractivity contribution is -0.124. The fourth-order valence-electron chi connectivity index (χ4n) is 1.19. The number of carbonyl (C=O) groups is 1. The molecule has 0 spiro atoms. The van der Waals surface area contributed by atoms with E-state index in [0.29, 0.717) is 13.0 Å². The van der Waals surface area contributed by atoms with E-state index in [1.165, 1.54) is 0 Å². The Balaban J connectivity index is 2.71. The maximum atomic E-state index is 11.2. The minimum absolute atomic E-state index is 0.137. The molecule has 1 rings (SSSR count). The van der Waals surface area contributed by atoms with Crippen LogP contribution in [-0.2, 0) is 4.79 Å². The van der Waals surface area contributed by atoms with Crippen LogP contribution in [0.3, 0.4) is 0 Å². The van der Waals surface area contributed by atoms with Crippen LogP contribution in [0, 0.1) is 0 Å². The Bertz CT molecular complexity index is 199. The van der Waals surface area contributed by atoms with E-state index in [4.69, 9.17) is 5.21 Å². The van der Waals surface area contributed by atoms with E-state index in [9.17, 15) is 4.79 Å². The summed E-state index contributed by atoms with van der Waals surface area (Å²) in [5, 5.41) is 11.3. The second kappa shape index (κ2) is 2.90. The monoisotopic (exact) mass is 156 g/mol. The van der Waals surface area contributed by atoms with E-state index in [1.807, 2.05) is 13.8 Å². The molecule has 0 atom stereocenters. The molecule has 1 amide bonds. The summed E-state index contributed by atoms with van der Waals surface area (Å²) in [6.07, 6.45) is 0.563. The van der Waals surface area contributed by atoms with Crippen molar-refractivity contribution in [3.05, 3.63) is 0 Å². The fraction of sp³-hybridized carbons (Fsp3) is 0.714. The van der Waals surface area contributed by atoms with Crippen LogP contribution in [0.25, 0.3) is 0 Å². The molecule has 1 aliphatic heterocycles. The van der Waals surface area contributed by atoms with Gasteiger partial charge in [0.25, 0.3) is 5.91 Å². The largest absolute Gasteiger partial charge is 0.410 e. The molecule has 0 aromatic carbocycles. The van der Waals surface area contributed by atoms with Gasteiger partial charge in [-0.3, -0.25) is 4.79 Å². The van der Waals surface area contributed by atoms with Crippen molar-refractivity contribution in [2.45, 2.75) is 26.3 Å². The summed E-state index contributed by atoms with van der Waals surface area (Å²) in [4.78, 5) is 12.9. The Labute approximate surface area is 65.5 Å². The van der Waals surface area contributed by atoms with E-state index < -0.39 is 0 Å². The first-order valence-electron chi connectivity index (χ1n) is 3.68. The molecule has 1 N–H and O–H groups in total. The Morgan fingerprint density at radius 3 is 2.55 bits per heavy atom. The van der Waals surface area contributed by atoms with Crippen molar-refractivity contribution in [3.63, 3.8) is 0 Å². The first-order valence-corrected chi connectivity index (χ1v) is 3.68. The van der Waals surface area contributed by atoms with Gasteiger partial charge in [0.2, 0.25) is 0 Å². The third-order valence-corrected chi connectivity index (χ3v) is 1.84. The minimum Gasteiger partial charge on any atom is -0.410 e. The molecule has 0 aliphatic carbocycles. The van der Waals surface area contributed by atoms with Gasteiger partial charge in [-0.1, -0.05) is 5.16 Å². The predicted molar refractivity (Wildman–Crippen MR) is 40.7 cm³/mol. The zero-order chi connectivity index (χ0) is 8.43. The molecule has 0 aromatic rings. The number of nitrogens with zero attached hydrogens (tertiary/aromatic N) is 2. The van der Waals surface area contributed by atoms with Gasteiger partial charge in [-0.15, -0.1) is 0 Å². The highest BCUT2D eigenvalue weighted by Crippen LogP contribution is 2.10. The van der Waals surface area contributed by atoms with Crippen LogP contribution in [-0.4, -0.2) is 34.3 Å². The van der Waals surface area contributed by atoms with Gasteiger partial charge < -0.3 is 10.1 Å². The number of amides is 1. The molecular formula is C7H12N2O2. The highest BCUT2D eigenvalue weighted by atomic mass is 16.4.